The molecule has 0 aromatic heterocycles. The monoisotopic (exact) mass is 374 g/mol. The Bertz CT molecular complexity index is 640. The normalized spacial score (nSPS) is 48.9. The standard InChI is InChI=1S/C24H38O3/c1-5-21(26)27-23(4)14-12-19-18-10-9-17-8-6-7-16(2)24(17,15-25)20(18)11-13-22(19,23)3/h8,16,18-20,25H,5-7,9-15H2,1-4H3/t16?,18-,19-,20+,22-,23?,24-/m0/s1. The van der Waals surface area contributed by atoms with Crippen molar-refractivity contribution in [2.45, 2.75) is 91.1 Å². The molecule has 0 amide bonds. The fraction of sp³-hybridized carbons (Fsp3) is 0.875. The van der Waals surface area contributed by atoms with Gasteiger partial charge in [-0.1, -0.05) is 32.4 Å². The van der Waals surface area contributed by atoms with Crippen LogP contribution >= 0.6 is 0 Å². The van der Waals surface area contributed by atoms with Crippen LogP contribution in [0.4, 0.5) is 0 Å². The SMILES string of the molecule is CCC(=O)OC1(C)CC[C@H]2[C@@H]3CCC4=CCCC(C)[C@]4(CO)[C@@H]3CC[C@@]21C. The Labute approximate surface area is 164 Å². The topological polar surface area (TPSA) is 46.5 Å². The highest BCUT2D eigenvalue weighted by Crippen LogP contribution is 2.69. The van der Waals surface area contributed by atoms with E-state index in [1.54, 1.807) is 5.57 Å². The maximum Gasteiger partial charge on any atom is 0.306 e. The van der Waals surface area contributed by atoms with Crippen LogP contribution in [0.25, 0.3) is 0 Å². The molecule has 0 radical (unpaired) electrons. The van der Waals surface area contributed by atoms with Gasteiger partial charge in [-0.25, -0.2) is 0 Å². The van der Waals surface area contributed by atoms with Crippen LogP contribution in [0.15, 0.2) is 11.6 Å². The Kier molecular flexibility index (Phi) is 4.77. The van der Waals surface area contributed by atoms with Gasteiger partial charge in [-0.2, -0.15) is 0 Å². The number of esters is 1. The highest BCUT2D eigenvalue weighted by molar-refractivity contribution is 5.69. The molecule has 0 aliphatic heterocycles. The smallest absolute Gasteiger partial charge is 0.306 e. The van der Waals surface area contributed by atoms with Crippen LogP contribution in [0.2, 0.25) is 0 Å². The molecule has 3 heteroatoms. The van der Waals surface area contributed by atoms with Crippen LogP contribution in [0.1, 0.15) is 85.5 Å². The molecule has 0 saturated heterocycles. The number of fused-ring (bicyclic) bond motifs is 5. The Morgan fingerprint density at radius 1 is 1.19 bits per heavy atom. The summed E-state index contributed by atoms with van der Waals surface area (Å²) < 4.78 is 6.08. The molecule has 2 unspecified atom stereocenters. The third kappa shape index (κ3) is 2.52. The molecule has 0 spiro atoms. The van der Waals surface area contributed by atoms with Crippen LogP contribution in [0.3, 0.4) is 0 Å². The third-order valence-electron chi connectivity index (χ3n) is 9.73. The molecule has 3 nitrogen and oxygen atoms in total. The van der Waals surface area contributed by atoms with Gasteiger partial charge in [-0.05, 0) is 82.0 Å². The van der Waals surface area contributed by atoms with E-state index in [-0.39, 0.29) is 22.4 Å². The lowest BCUT2D eigenvalue weighted by Gasteiger charge is -2.61. The van der Waals surface area contributed by atoms with Crippen LogP contribution < -0.4 is 0 Å². The maximum absolute atomic E-state index is 12.1. The minimum absolute atomic E-state index is 0.0155. The summed E-state index contributed by atoms with van der Waals surface area (Å²) >= 11 is 0. The van der Waals surface area contributed by atoms with Gasteiger partial charge < -0.3 is 9.84 Å². The number of allylic oxidation sites excluding steroid dienone is 1. The van der Waals surface area contributed by atoms with Crippen molar-refractivity contribution in [2.24, 2.45) is 34.5 Å². The minimum Gasteiger partial charge on any atom is -0.459 e. The van der Waals surface area contributed by atoms with E-state index >= 15 is 0 Å². The zero-order valence-electron chi connectivity index (χ0n) is 17.7. The van der Waals surface area contributed by atoms with Gasteiger partial charge in [0.2, 0.25) is 0 Å². The van der Waals surface area contributed by atoms with E-state index in [4.69, 9.17) is 4.74 Å². The lowest BCUT2D eigenvalue weighted by atomic mass is 9.44. The first kappa shape index (κ1) is 19.5. The number of aliphatic hydroxyl groups excluding tert-OH is 1. The summed E-state index contributed by atoms with van der Waals surface area (Å²) in [6.45, 7) is 9.17. The second-order valence-electron chi connectivity index (χ2n) is 10.4. The number of carbonyl (C=O) groups is 1. The number of hydrogen-bond acceptors (Lipinski definition) is 3. The molecule has 152 valence electrons. The number of ether oxygens (including phenoxy) is 1. The van der Waals surface area contributed by atoms with E-state index in [1.807, 2.05) is 6.92 Å². The van der Waals surface area contributed by atoms with E-state index in [1.165, 1.54) is 32.1 Å². The molecular weight excluding hydrogens is 336 g/mol. The van der Waals surface area contributed by atoms with Crippen molar-refractivity contribution >= 4 is 5.97 Å². The van der Waals surface area contributed by atoms with Crippen LogP contribution in [-0.2, 0) is 9.53 Å². The average molecular weight is 375 g/mol. The van der Waals surface area contributed by atoms with Crippen molar-refractivity contribution < 1.29 is 14.6 Å². The van der Waals surface area contributed by atoms with E-state index in [0.29, 0.717) is 36.7 Å². The van der Waals surface area contributed by atoms with Gasteiger partial charge in [0.05, 0.1) is 6.61 Å². The molecule has 7 atom stereocenters. The van der Waals surface area contributed by atoms with Gasteiger partial charge in [-0.15, -0.1) is 0 Å². The molecule has 0 aromatic rings. The molecule has 27 heavy (non-hydrogen) atoms. The largest absolute Gasteiger partial charge is 0.459 e. The van der Waals surface area contributed by atoms with Gasteiger partial charge in [-0.3, -0.25) is 4.79 Å². The van der Waals surface area contributed by atoms with Crippen molar-refractivity contribution in [3.63, 3.8) is 0 Å². The summed E-state index contributed by atoms with van der Waals surface area (Å²) in [7, 11) is 0. The summed E-state index contributed by atoms with van der Waals surface area (Å²) in [4.78, 5) is 12.1. The van der Waals surface area contributed by atoms with Crippen molar-refractivity contribution in [2.75, 3.05) is 6.61 Å². The molecule has 3 fully saturated rings. The number of rotatable bonds is 3. The van der Waals surface area contributed by atoms with Gasteiger partial charge in [0, 0.05) is 17.3 Å². The van der Waals surface area contributed by atoms with Gasteiger partial charge in [0.1, 0.15) is 5.60 Å². The molecule has 0 heterocycles. The van der Waals surface area contributed by atoms with Crippen LogP contribution in [-0.4, -0.2) is 23.3 Å². The predicted molar refractivity (Wildman–Crippen MR) is 107 cm³/mol. The predicted octanol–water partition coefficient (Wildman–Crippen LogP) is 5.27. The van der Waals surface area contributed by atoms with E-state index < -0.39 is 0 Å². The first-order chi connectivity index (χ1) is 12.8. The summed E-state index contributed by atoms with van der Waals surface area (Å²) in [5.41, 5.74) is 1.33. The highest BCUT2D eigenvalue weighted by Gasteiger charge is 2.65. The molecule has 3 saturated carbocycles. The first-order valence-electron chi connectivity index (χ1n) is 11.3. The molecule has 0 bridgehead atoms. The van der Waals surface area contributed by atoms with Crippen molar-refractivity contribution in [3.8, 4) is 0 Å². The summed E-state index contributed by atoms with van der Waals surface area (Å²) in [6.07, 6.45) is 12.2. The fourth-order valence-corrected chi connectivity index (χ4v) is 7.95. The molecule has 4 aliphatic carbocycles. The zero-order chi connectivity index (χ0) is 19.4. The second kappa shape index (κ2) is 6.61. The average Bonchev–Trinajstić information content (AvgIpc) is 2.92. The van der Waals surface area contributed by atoms with Crippen molar-refractivity contribution in [1.29, 1.82) is 0 Å². The summed E-state index contributed by atoms with van der Waals surface area (Å²) in [5, 5.41) is 10.6. The fourth-order valence-electron chi connectivity index (χ4n) is 7.95. The maximum atomic E-state index is 12.1. The van der Waals surface area contributed by atoms with Gasteiger partial charge in [0.15, 0.2) is 0 Å². The number of hydrogen-bond donors (Lipinski definition) is 1. The second-order valence-corrected chi connectivity index (χ2v) is 10.4. The highest BCUT2D eigenvalue weighted by atomic mass is 16.6. The van der Waals surface area contributed by atoms with Crippen molar-refractivity contribution in [1.82, 2.24) is 0 Å². The van der Waals surface area contributed by atoms with Gasteiger partial charge in [0.25, 0.3) is 0 Å². The quantitative estimate of drug-likeness (QED) is 0.541. The molecular formula is C24H38O3. The minimum atomic E-state index is -0.323. The van der Waals surface area contributed by atoms with E-state index in [2.05, 4.69) is 26.8 Å². The Morgan fingerprint density at radius 2 is 1.93 bits per heavy atom. The first-order valence-corrected chi connectivity index (χ1v) is 11.3. The number of carbonyl (C=O) groups excluding carboxylic acids is 1. The van der Waals surface area contributed by atoms with Crippen LogP contribution in [0.5, 0.6) is 0 Å². The Morgan fingerprint density at radius 3 is 2.63 bits per heavy atom. The Balaban J connectivity index is 1.67. The zero-order valence-corrected chi connectivity index (χ0v) is 17.7. The lowest BCUT2D eigenvalue weighted by Crippen LogP contribution is -2.57. The molecule has 4 aliphatic rings. The molecule has 4 rings (SSSR count). The van der Waals surface area contributed by atoms with Gasteiger partial charge >= 0.3 is 5.97 Å². The molecule has 0 aromatic carbocycles. The van der Waals surface area contributed by atoms with E-state index in [0.717, 1.165) is 19.3 Å². The van der Waals surface area contributed by atoms with E-state index in [9.17, 15) is 9.90 Å². The van der Waals surface area contributed by atoms with Crippen molar-refractivity contribution in [3.05, 3.63) is 11.6 Å². The summed E-state index contributed by atoms with van der Waals surface area (Å²) in [6, 6.07) is 0. The molecule has 1 N–H and O–H groups in total. The summed E-state index contributed by atoms with van der Waals surface area (Å²) in [5.74, 6) is 2.40. The third-order valence-corrected chi connectivity index (χ3v) is 9.73. The van der Waals surface area contributed by atoms with Crippen LogP contribution in [0, 0.1) is 34.5 Å². The Hall–Kier alpha value is -0.830. The lowest BCUT2D eigenvalue weighted by molar-refractivity contribution is -0.182. The number of aliphatic hydroxyl groups is 1.